The van der Waals surface area contributed by atoms with Crippen LogP contribution in [0.3, 0.4) is 0 Å². The molecule has 0 saturated carbocycles. The van der Waals surface area contributed by atoms with Crippen LogP contribution in [0.1, 0.15) is 27.0 Å². The number of guanidine groups is 1. The average Bonchev–Trinajstić information content (AvgIpc) is 2.29. The molecule has 7 nitrogen and oxygen atoms in total. The van der Waals surface area contributed by atoms with Crippen molar-refractivity contribution in [3.05, 3.63) is 28.3 Å². The number of rotatable bonds is 2. The van der Waals surface area contributed by atoms with Gasteiger partial charge in [0.05, 0.1) is 10.5 Å². The van der Waals surface area contributed by atoms with Crippen molar-refractivity contribution < 1.29 is 13.2 Å². The molecule has 0 atom stereocenters. The zero-order valence-corrected chi connectivity index (χ0v) is 12.1. The van der Waals surface area contributed by atoms with E-state index in [1.165, 1.54) is 0 Å². The van der Waals surface area contributed by atoms with E-state index in [4.69, 9.17) is 16.7 Å². The second-order valence-corrected chi connectivity index (χ2v) is 6.26. The molecule has 0 aliphatic carbocycles. The van der Waals surface area contributed by atoms with E-state index in [1.807, 2.05) is 6.07 Å². The predicted octanol–water partition coefficient (Wildman–Crippen LogP) is -0.00778. The molecule has 4 N–H and O–H groups in total. The summed E-state index contributed by atoms with van der Waals surface area (Å²) in [6.45, 7) is 3.16. The molecule has 0 aliphatic heterocycles. The molecule has 1 aromatic carbocycles. The number of benzene rings is 1. The van der Waals surface area contributed by atoms with Gasteiger partial charge in [-0.15, -0.1) is 0 Å². The lowest BCUT2D eigenvalue weighted by Gasteiger charge is -2.11. The molecule has 1 rings (SSSR count). The van der Waals surface area contributed by atoms with Crippen LogP contribution in [0, 0.1) is 25.2 Å². The Morgan fingerprint density at radius 2 is 1.85 bits per heavy atom. The minimum atomic E-state index is -3.66. The van der Waals surface area contributed by atoms with Crippen LogP contribution in [-0.2, 0) is 9.84 Å². The maximum Gasteiger partial charge on any atom is 0.280 e. The lowest BCUT2D eigenvalue weighted by Crippen LogP contribution is -2.24. The summed E-state index contributed by atoms with van der Waals surface area (Å²) in [6.07, 6.45) is 0.965. The number of aliphatic imine (C=N–C) groups is 1. The van der Waals surface area contributed by atoms with Gasteiger partial charge in [-0.2, -0.15) is 10.3 Å². The van der Waals surface area contributed by atoms with E-state index in [9.17, 15) is 13.2 Å². The zero-order valence-electron chi connectivity index (χ0n) is 11.3. The third-order valence-corrected chi connectivity index (χ3v) is 3.96. The fourth-order valence-corrected chi connectivity index (χ4v) is 2.62. The highest BCUT2D eigenvalue weighted by Gasteiger charge is 2.22. The van der Waals surface area contributed by atoms with Gasteiger partial charge in [-0.1, -0.05) is 0 Å². The molecule has 106 valence electrons. The Bertz CT molecular complexity index is 754. The fraction of sp³-hybridized carbons (Fsp3) is 0.250. The Morgan fingerprint density at radius 3 is 2.25 bits per heavy atom. The van der Waals surface area contributed by atoms with Crippen LogP contribution < -0.4 is 11.5 Å². The van der Waals surface area contributed by atoms with Crippen molar-refractivity contribution in [3.63, 3.8) is 0 Å². The summed E-state index contributed by atoms with van der Waals surface area (Å²) >= 11 is 0. The Morgan fingerprint density at radius 1 is 1.30 bits per heavy atom. The summed E-state index contributed by atoms with van der Waals surface area (Å²) in [5.41, 5.74) is 11.2. The zero-order chi connectivity index (χ0) is 15.7. The topological polar surface area (TPSA) is 139 Å². The van der Waals surface area contributed by atoms with Crippen LogP contribution >= 0.6 is 0 Å². The number of nitrogens with two attached hydrogens (primary N) is 2. The van der Waals surface area contributed by atoms with Gasteiger partial charge in [0.25, 0.3) is 5.91 Å². The maximum atomic E-state index is 11.9. The normalized spacial score (nSPS) is 10.7. The molecule has 0 radical (unpaired) electrons. The van der Waals surface area contributed by atoms with E-state index in [1.54, 1.807) is 13.8 Å². The summed E-state index contributed by atoms with van der Waals surface area (Å²) in [4.78, 5) is 15.1. The van der Waals surface area contributed by atoms with Crippen molar-refractivity contribution in [2.24, 2.45) is 16.5 Å². The molecule has 0 aliphatic rings. The number of nitrogens with zero attached hydrogens (tertiary/aromatic N) is 2. The van der Waals surface area contributed by atoms with E-state index < -0.39 is 21.7 Å². The van der Waals surface area contributed by atoms with Gasteiger partial charge >= 0.3 is 0 Å². The van der Waals surface area contributed by atoms with Gasteiger partial charge in [0.1, 0.15) is 6.07 Å². The number of amides is 1. The van der Waals surface area contributed by atoms with Crippen molar-refractivity contribution in [3.8, 4) is 6.07 Å². The van der Waals surface area contributed by atoms with Crippen molar-refractivity contribution in [1.29, 1.82) is 5.26 Å². The van der Waals surface area contributed by atoms with Gasteiger partial charge in [0.2, 0.25) is 0 Å². The first-order valence-corrected chi connectivity index (χ1v) is 7.37. The summed E-state index contributed by atoms with van der Waals surface area (Å²) in [6, 6.07) is 2.97. The fourth-order valence-electron chi connectivity index (χ4n) is 1.72. The van der Waals surface area contributed by atoms with Gasteiger partial charge in [-0.3, -0.25) is 4.79 Å². The number of carbonyl (C=O) groups excluding carboxylic acids is 1. The van der Waals surface area contributed by atoms with Crippen LogP contribution in [0.5, 0.6) is 0 Å². The van der Waals surface area contributed by atoms with E-state index >= 15 is 0 Å². The van der Waals surface area contributed by atoms with Gasteiger partial charge in [0.15, 0.2) is 15.8 Å². The minimum absolute atomic E-state index is 0.0197. The highest BCUT2D eigenvalue weighted by Crippen LogP contribution is 2.26. The van der Waals surface area contributed by atoms with Crippen LogP contribution in [0.25, 0.3) is 0 Å². The molecule has 1 amide bonds. The van der Waals surface area contributed by atoms with Crippen molar-refractivity contribution >= 4 is 21.7 Å². The Hall–Kier alpha value is -2.40. The molecule has 0 bridgehead atoms. The first kappa shape index (κ1) is 15.7. The molecule has 8 heteroatoms. The molecule has 0 fully saturated rings. The second kappa shape index (κ2) is 5.30. The van der Waals surface area contributed by atoms with Gasteiger partial charge in [-0.25, -0.2) is 8.42 Å². The quantitative estimate of drug-likeness (QED) is 0.581. The first-order valence-electron chi connectivity index (χ1n) is 5.48. The number of carbonyl (C=O) groups is 1. The molecular weight excluding hydrogens is 280 g/mol. The highest BCUT2D eigenvalue weighted by atomic mass is 32.2. The molecule has 0 heterocycles. The summed E-state index contributed by atoms with van der Waals surface area (Å²) in [7, 11) is -3.66. The summed E-state index contributed by atoms with van der Waals surface area (Å²) in [5.74, 6) is -1.17. The molecule has 1 aromatic rings. The molecule has 0 saturated heterocycles. The standard InChI is InChI=1S/C12H14N4O3S/c1-6-7(2)9(5-13)10(20(3,18)19)4-8(6)11(17)16-12(14)15/h4H,1-3H3,(H4,14,15,16,17). The van der Waals surface area contributed by atoms with Gasteiger partial charge < -0.3 is 11.5 Å². The third-order valence-electron chi connectivity index (χ3n) is 2.84. The number of hydrogen-bond donors (Lipinski definition) is 2. The lowest BCUT2D eigenvalue weighted by atomic mass is 9.98. The third kappa shape index (κ3) is 2.95. The average molecular weight is 294 g/mol. The van der Waals surface area contributed by atoms with E-state index in [2.05, 4.69) is 4.99 Å². The van der Waals surface area contributed by atoms with Crippen molar-refractivity contribution in [1.82, 2.24) is 0 Å². The molecular formula is C12H14N4O3S. The SMILES string of the molecule is Cc1c(C(=O)N=C(N)N)cc(S(C)(=O)=O)c(C#N)c1C. The number of nitriles is 1. The second-order valence-electron chi connectivity index (χ2n) is 4.27. The Kier molecular flexibility index (Phi) is 4.15. The largest absolute Gasteiger partial charge is 0.370 e. The van der Waals surface area contributed by atoms with Gasteiger partial charge in [-0.05, 0) is 31.0 Å². The predicted molar refractivity (Wildman–Crippen MR) is 73.9 cm³/mol. The smallest absolute Gasteiger partial charge is 0.280 e. The number of hydrogen-bond acceptors (Lipinski definition) is 4. The van der Waals surface area contributed by atoms with E-state index in [0.29, 0.717) is 11.1 Å². The van der Waals surface area contributed by atoms with Crippen LogP contribution in [0.15, 0.2) is 16.0 Å². The molecule has 0 aromatic heterocycles. The monoisotopic (exact) mass is 294 g/mol. The van der Waals surface area contributed by atoms with E-state index in [-0.39, 0.29) is 16.0 Å². The molecule has 0 unspecified atom stereocenters. The van der Waals surface area contributed by atoms with Gasteiger partial charge in [0, 0.05) is 11.8 Å². The van der Waals surface area contributed by atoms with Crippen LogP contribution in [0.2, 0.25) is 0 Å². The molecule has 0 spiro atoms. The summed E-state index contributed by atoms with van der Waals surface area (Å²) < 4.78 is 23.5. The Labute approximate surface area is 116 Å². The highest BCUT2D eigenvalue weighted by molar-refractivity contribution is 7.90. The maximum absolute atomic E-state index is 11.9. The van der Waals surface area contributed by atoms with Crippen LogP contribution in [0.4, 0.5) is 0 Å². The van der Waals surface area contributed by atoms with Crippen molar-refractivity contribution in [2.45, 2.75) is 18.7 Å². The lowest BCUT2D eigenvalue weighted by molar-refractivity contribution is 0.100. The minimum Gasteiger partial charge on any atom is -0.370 e. The molecule has 20 heavy (non-hydrogen) atoms. The summed E-state index contributed by atoms with van der Waals surface area (Å²) in [5, 5.41) is 9.10. The Balaban J connectivity index is 3.76. The first-order chi connectivity index (χ1) is 9.09. The van der Waals surface area contributed by atoms with Crippen LogP contribution in [-0.4, -0.2) is 26.5 Å². The van der Waals surface area contributed by atoms with Crippen molar-refractivity contribution in [2.75, 3.05) is 6.26 Å². The number of sulfone groups is 1. The van der Waals surface area contributed by atoms with E-state index in [0.717, 1.165) is 12.3 Å².